The van der Waals surface area contributed by atoms with Gasteiger partial charge in [0.25, 0.3) is 5.69 Å². The van der Waals surface area contributed by atoms with Crippen molar-refractivity contribution in [3.63, 3.8) is 0 Å². The fourth-order valence-electron chi connectivity index (χ4n) is 2.37. The SMILES string of the molecule is COc1cc(OC)cc(-c2nc(SCC(=O)c3ccc([N+](=O)[O-])cc3)n[nH]2)c1. The number of nitrogens with zero attached hydrogens (tertiary/aromatic N) is 3. The maximum atomic E-state index is 12.3. The Morgan fingerprint density at radius 3 is 2.36 bits per heavy atom. The molecule has 1 N–H and O–H groups in total. The maximum absolute atomic E-state index is 12.3. The van der Waals surface area contributed by atoms with E-state index in [0.717, 1.165) is 5.56 Å². The summed E-state index contributed by atoms with van der Waals surface area (Å²) in [5.74, 6) is 1.69. The molecule has 0 amide bonds. The van der Waals surface area contributed by atoms with Crippen LogP contribution in [0.15, 0.2) is 47.6 Å². The number of nitrogens with one attached hydrogen (secondary N) is 1. The second-order valence-corrected chi connectivity index (χ2v) is 6.53. The Balaban J connectivity index is 1.68. The minimum Gasteiger partial charge on any atom is -0.497 e. The van der Waals surface area contributed by atoms with Crippen molar-refractivity contribution in [2.75, 3.05) is 20.0 Å². The number of benzene rings is 2. The second-order valence-electron chi connectivity index (χ2n) is 5.58. The third-order valence-electron chi connectivity index (χ3n) is 3.82. The number of H-pyrrole nitrogens is 1. The number of carbonyl (C=O) groups is 1. The molecule has 0 aliphatic heterocycles. The lowest BCUT2D eigenvalue weighted by Gasteiger charge is -2.06. The standard InChI is InChI=1S/C18H16N4O5S/c1-26-14-7-12(8-15(9-14)27-2)17-19-18(21-20-17)28-10-16(23)11-3-5-13(6-4-11)22(24)25/h3-9H,10H2,1-2H3,(H,19,20,21). The zero-order valence-corrected chi connectivity index (χ0v) is 15.9. The van der Waals surface area contributed by atoms with Crippen molar-refractivity contribution in [3.05, 3.63) is 58.1 Å². The van der Waals surface area contributed by atoms with E-state index in [-0.39, 0.29) is 17.2 Å². The molecule has 0 atom stereocenters. The van der Waals surface area contributed by atoms with E-state index in [1.165, 1.54) is 36.0 Å². The summed E-state index contributed by atoms with van der Waals surface area (Å²) in [6.07, 6.45) is 0. The summed E-state index contributed by atoms with van der Waals surface area (Å²) in [5, 5.41) is 18.0. The summed E-state index contributed by atoms with van der Waals surface area (Å²) in [4.78, 5) is 26.8. The third-order valence-corrected chi connectivity index (χ3v) is 4.67. The van der Waals surface area contributed by atoms with E-state index in [9.17, 15) is 14.9 Å². The molecule has 0 fully saturated rings. The Bertz CT molecular complexity index is 981. The predicted molar refractivity (Wildman–Crippen MR) is 103 cm³/mol. The number of nitro benzene ring substituents is 1. The Labute approximate surface area is 164 Å². The molecule has 0 spiro atoms. The number of Topliss-reactive ketones (excluding diaryl/α,β-unsaturated/α-hetero) is 1. The van der Waals surface area contributed by atoms with Crippen LogP contribution in [0.2, 0.25) is 0 Å². The van der Waals surface area contributed by atoms with Crippen molar-refractivity contribution in [1.29, 1.82) is 0 Å². The quantitative estimate of drug-likeness (QED) is 0.264. The van der Waals surface area contributed by atoms with Crippen LogP contribution in [0.25, 0.3) is 11.4 Å². The van der Waals surface area contributed by atoms with Crippen LogP contribution in [0.5, 0.6) is 11.5 Å². The molecule has 9 nitrogen and oxygen atoms in total. The van der Waals surface area contributed by atoms with E-state index in [2.05, 4.69) is 15.2 Å². The fourth-order valence-corrected chi connectivity index (χ4v) is 3.06. The lowest BCUT2D eigenvalue weighted by molar-refractivity contribution is -0.384. The molecule has 0 saturated heterocycles. The number of methoxy groups -OCH3 is 2. The number of aromatic amines is 1. The van der Waals surface area contributed by atoms with Crippen molar-refractivity contribution in [2.24, 2.45) is 0 Å². The Morgan fingerprint density at radius 2 is 1.79 bits per heavy atom. The summed E-state index contributed by atoms with van der Waals surface area (Å²) in [7, 11) is 3.12. The molecule has 0 bridgehead atoms. The van der Waals surface area contributed by atoms with E-state index in [4.69, 9.17) is 9.47 Å². The highest BCUT2D eigenvalue weighted by molar-refractivity contribution is 7.99. The highest BCUT2D eigenvalue weighted by Gasteiger charge is 2.13. The van der Waals surface area contributed by atoms with Crippen LogP contribution in [0, 0.1) is 10.1 Å². The molecule has 0 unspecified atom stereocenters. The average molecular weight is 400 g/mol. The van der Waals surface area contributed by atoms with Gasteiger partial charge in [-0.1, -0.05) is 11.8 Å². The molecule has 28 heavy (non-hydrogen) atoms. The number of carbonyl (C=O) groups excluding carboxylic acids is 1. The monoisotopic (exact) mass is 400 g/mol. The first-order chi connectivity index (χ1) is 13.5. The molecule has 1 heterocycles. The van der Waals surface area contributed by atoms with Gasteiger partial charge in [-0.15, -0.1) is 5.10 Å². The van der Waals surface area contributed by atoms with Crippen LogP contribution in [0.4, 0.5) is 5.69 Å². The van der Waals surface area contributed by atoms with Crippen molar-refractivity contribution in [1.82, 2.24) is 15.2 Å². The van der Waals surface area contributed by atoms with Crippen molar-refractivity contribution >= 4 is 23.2 Å². The van der Waals surface area contributed by atoms with Gasteiger partial charge in [0.1, 0.15) is 11.5 Å². The predicted octanol–water partition coefficient (Wildman–Crippen LogP) is 3.37. The van der Waals surface area contributed by atoms with Crippen LogP contribution in [-0.2, 0) is 0 Å². The van der Waals surface area contributed by atoms with Gasteiger partial charge in [-0.25, -0.2) is 4.98 Å². The summed E-state index contributed by atoms with van der Waals surface area (Å²) in [6.45, 7) is 0. The molecule has 2 aromatic carbocycles. The maximum Gasteiger partial charge on any atom is 0.269 e. The van der Waals surface area contributed by atoms with Crippen LogP contribution >= 0.6 is 11.8 Å². The van der Waals surface area contributed by atoms with E-state index in [1.54, 1.807) is 32.4 Å². The highest BCUT2D eigenvalue weighted by atomic mass is 32.2. The van der Waals surface area contributed by atoms with Crippen molar-refractivity contribution in [3.8, 4) is 22.9 Å². The van der Waals surface area contributed by atoms with Crippen molar-refractivity contribution in [2.45, 2.75) is 5.16 Å². The number of hydrogen-bond acceptors (Lipinski definition) is 8. The number of ketones is 1. The van der Waals surface area contributed by atoms with Crippen LogP contribution in [0.1, 0.15) is 10.4 Å². The van der Waals surface area contributed by atoms with Crippen LogP contribution < -0.4 is 9.47 Å². The van der Waals surface area contributed by atoms with Gasteiger partial charge in [-0.2, -0.15) is 0 Å². The number of ether oxygens (including phenoxy) is 2. The van der Waals surface area contributed by atoms with E-state index in [1.807, 2.05) is 0 Å². The first-order valence-electron chi connectivity index (χ1n) is 8.06. The first-order valence-corrected chi connectivity index (χ1v) is 9.05. The van der Waals surface area contributed by atoms with Gasteiger partial charge in [-0.05, 0) is 24.3 Å². The minimum atomic E-state index is -0.508. The first kappa shape index (κ1) is 19.4. The summed E-state index contributed by atoms with van der Waals surface area (Å²) in [6, 6.07) is 10.8. The number of aromatic nitrogens is 3. The Kier molecular flexibility index (Phi) is 5.90. The largest absolute Gasteiger partial charge is 0.497 e. The highest BCUT2D eigenvalue weighted by Crippen LogP contribution is 2.28. The van der Waals surface area contributed by atoms with E-state index in [0.29, 0.717) is 28.0 Å². The molecule has 10 heteroatoms. The summed E-state index contributed by atoms with van der Waals surface area (Å²) >= 11 is 1.17. The molecular weight excluding hydrogens is 384 g/mol. The normalized spacial score (nSPS) is 10.5. The lowest BCUT2D eigenvalue weighted by Crippen LogP contribution is -2.02. The molecule has 144 valence electrons. The van der Waals surface area contributed by atoms with Gasteiger partial charge < -0.3 is 9.47 Å². The minimum absolute atomic E-state index is 0.0588. The van der Waals surface area contributed by atoms with Gasteiger partial charge in [0.15, 0.2) is 11.6 Å². The fraction of sp³-hybridized carbons (Fsp3) is 0.167. The van der Waals surface area contributed by atoms with E-state index < -0.39 is 4.92 Å². The topological polar surface area (TPSA) is 120 Å². The van der Waals surface area contributed by atoms with Crippen molar-refractivity contribution < 1.29 is 19.2 Å². The number of rotatable bonds is 8. The average Bonchev–Trinajstić information content (AvgIpc) is 3.20. The number of non-ortho nitro benzene ring substituents is 1. The number of thioether (sulfide) groups is 1. The summed E-state index contributed by atoms with van der Waals surface area (Å²) in [5.41, 5.74) is 1.07. The zero-order chi connectivity index (χ0) is 20.1. The molecule has 0 radical (unpaired) electrons. The van der Waals surface area contributed by atoms with Gasteiger partial charge in [-0.3, -0.25) is 20.0 Å². The number of nitro groups is 1. The molecule has 0 saturated carbocycles. The molecule has 3 aromatic rings. The third kappa shape index (κ3) is 4.46. The van der Waals surface area contributed by atoms with Gasteiger partial charge in [0.2, 0.25) is 5.16 Å². The molecule has 3 rings (SSSR count). The van der Waals surface area contributed by atoms with Gasteiger partial charge in [0.05, 0.1) is 24.9 Å². The second kappa shape index (κ2) is 8.53. The van der Waals surface area contributed by atoms with Gasteiger partial charge >= 0.3 is 0 Å². The summed E-state index contributed by atoms with van der Waals surface area (Å²) < 4.78 is 10.5. The zero-order valence-electron chi connectivity index (χ0n) is 15.0. The lowest BCUT2D eigenvalue weighted by atomic mass is 10.1. The molecule has 0 aliphatic carbocycles. The molecule has 0 aliphatic rings. The smallest absolute Gasteiger partial charge is 0.269 e. The Hall–Kier alpha value is -3.40. The van der Waals surface area contributed by atoms with Gasteiger partial charge in [0, 0.05) is 29.3 Å². The molecular formula is C18H16N4O5S. The number of hydrogen-bond donors (Lipinski definition) is 1. The van der Waals surface area contributed by atoms with Crippen LogP contribution in [-0.4, -0.2) is 45.9 Å². The molecule has 1 aromatic heterocycles. The van der Waals surface area contributed by atoms with E-state index >= 15 is 0 Å². The van der Waals surface area contributed by atoms with Crippen LogP contribution in [0.3, 0.4) is 0 Å². The Morgan fingerprint density at radius 1 is 1.14 bits per heavy atom.